The predicted octanol–water partition coefficient (Wildman–Crippen LogP) is 4.50. The molecule has 1 amide bonds. The fourth-order valence-electron chi connectivity index (χ4n) is 2.91. The molecule has 3 aromatic carbocycles. The van der Waals surface area contributed by atoms with Gasteiger partial charge in [-0.05, 0) is 43.3 Å². The van der Waals surface area contributed by atoms with E-state index in [-0.39, 0.29) is 11.7 Å². The molecule has 144 valence electrons. The van der Waals surface area contributed by atoms with Crippen LogP contribution in [0.5, 0.6) is 5.75 Å². The van der Waals surface area contributed by atoms with Crippen molar-refractivity contribution in [1.82, 2.24) is 14.8 Å². The summed E-state index contributed by atoms with van der Waals surface area (Å²) in [5.41, 5.74) is 3.49. The lowest BCUT2D eigenvalue weighted by Crippen LogP contribution is -2.14. The number of aryl methyl sites for hydroxylation is 1. The predicted molar refractivity (Wildman–Crippen MR) is 112 cm³/mol. The molecule has 0 saturated heterocycles. The molecule has 0 aliphatic heterocycles. The molecule has 0 aliphatic rings. The second-order valence-electron chi connectivity index (χ2n) is 6.56. The third-order valence-corrected chi connectivity index (χ3v) is 4.47. The van der Waals surface area contributed by atoms with Gasteiger partial charge in [0.25, 0.3) is 5.91 Å². The smallest absolute Gasteiger partial charge is 0.295 e. The van der Waals surface area contributed by atoms with Gasteiger partial charge in [-0.1, -0.05) is 48.0 Å². The van der Waals surface area contributed by atoms with Gasteiger partial charge in [0, 0.05) is 11.3 Å². The molecule has 6 heteroatoms. The van der Waals surface area contributed by atoms with Crippen LogP contribution in [0.2, 0.25) is 0 Å². The molecule has 6 nitrogen and oxygen atoms in total. The number of ether oxygens (including phenoxy) is 1. The number of para-hydroxylation sites is 1. The summed E-state index contributed by atoms with van der Waals surface area (Å²) in [6.07, 6.45) is 0. The Hall–Kier alpha value is -3.93. The van der Waals surface area contributed by atoms with Gasteiger partial charge in [-0.15, -0.1) is 5.10 Å². The Bertz CT molecular complexity index is 1120. The quantitative estimate of drug-likeness (QED) is 0.550. The molecule has 0 saturated carbocycles. The molecule has 29 heavy (non-hydrogen) atoms. The van der Waals surface area contributed by atoms with E-state index in [0.717, 1.165) is 22.6 Å². The first-order valence-corrected chi connectivity index (χ1v) is 9.19. The van der Waals surface area contributed by atoms with Crippen molar-refractivity contribution in [3.8, 4) is 22.8 Å². The van der Waals surface area contributed by atoms with Crippen molar-refractivity contribution in [3.05, 3.63) is 90.3 Å². The number of methoxy groups -OCH3 is 1. The zero-order valence-electron chi connectivity index (χ0n) is 16.2. The van der Waals surface area contributed by atoms with Crippen molar-refractivity contribution in [2.24, 2.45) is 0 Å². The Morgan fingerprint density at radius 2 is 1.62 bits per heavy atom. The summed E-state index contributed by atoms with van der Waals surface area (Å²) in [7, 11) is 1.62. The highest BCUT2D eigenvalue weighted by molar-refractivity contribution is 6.01. The fraction of sp³-hybridized carbons (Fsp3) is 0.0870. The molecule has 0 radical (unpaired) electrons. The van der Waals surface area contributed by atoms with Crippen LogP contribution in [0, 0.1) is 6.92 Å². The van der Waals surface area contributed by atoms with Crippen molar-refractivity contribution < 1.29 is 9.53 Å². The van der Waals surface area contributed by atoms with Crippen molar-refractivity contribution in [2.75, 3.05) is 12.4 Å². The molecule has 1 N–H and O–H groups in total. The molecule has 0 atom stereocenters. The fourth-order valence-corrected chi connectivity index (χ4v) is 2.91. The highest BCUT2D eigenvalue weighted by atomic mass is 16.5. The minimum absolute atomic E-state index is 0.0975. The Morgan fingerprint density at radius 3 is 2.28 bits per heavy atom. The number of nitrogens with one attached hydrogen (secondary N) is 1. The summed E-state index contributed by atoms with van der Waals surface area (Å²) in [5.74, 6) is 1.07. The highest BCUT2D eigenvalue weighted by Crippen LogP contribution is 2.23. The van der Waals surface area contributed by atoms with E-state index in [1.165, 1.54) is 0 Å². The van der Waals surface area contributed by atoms with Crippen LogP contribution in [-0.4, -0.2) is 27.8 Å². The Morgan fingerprint density at radius 1 is 0.931 bits per heavy atom. The number of aromatic nitrogens is 3. The summed E-state index contributed by atoms with van der Waals surface area (Å²) >= 11 is 0. The average molecular weight is 384 g/mol. The molecule has 1 heterocycles. The topological polar surface area (TPSA) is 69.0 Å². The van der Waals surface area contributed by atoms with Crippen LogP contribution in [0.25, 0.3) is 17.1 Å². The van der Waals surface area contributed by atoms with Gasteiger partial charge in [0.15, 0.2) is 5.82 Å². The first-order valence-electron chi connectivity index (χ1n) is 9.19. The van der Waals surface area contributed by atoms with E-state index >= 15 is 0 Å². The van der Waals surface area contributed by atoms with Crippen LogP contribution in [0.4, 0.5) is 5.69 Å². The maximum absolute atomic E-state index is 12.7. The minimum Gasteiger partial charge on any atom is -0.497 e. The molecular formula is C23H20N4O2. The first kappa shape index (κ1) is 18.4. The van der Waals surface area contributed by atoms with E-state index in [1.54, 1.807) is 11.8 Å². The van der Waals surface area contributed by atoms with E-state index in [4.69, 9.17) is 4.74 Å². The summed E-state index contributed by atoms with van der Waals surface area (Å²) in [5, 5.41) is 7.32. The molecule has 0 bridgehead atoms. The van der Waals surface area contributed by atoms with Gasteiger partial charge in [-0.2, -0.15) is 0 Å². The Labute approximate surface area is 168 Å². The van der Waals surface area contributed by atoms with Crippen molar-refractivity contribution in [1.29, 1.82) is 0 Å². The first-order chi connectivity index (χ1) is 14.1. The number of hydrogen-bond donors (Lipinski definition) is 1. The maximum atomic E-state index is 12.7. The second-order valence-corrected chi connectivity index (χ2v) is 6.56. The van der Waals surface area contributed by atoms with E-state index < -0.39 is 0 Å². The number of anilines is 1. The normalized spacial score (nSPS) is 10.6. The van der Waals surface area contributed by atoms with Crippen molar-refractivity contribution in [3.63, 3.8) is 0 Å². The largest absolute Gasteiger partial charge is 0.497 e. The van der Waals surface area contributed by atoms with E-state index in [1.807, 2.05) is 85.8 Å². The summed E-state index contributed by atoms with van der Waals surface area (Å²) in [6.45, 7) is 2.02. The van der Waals surface area contributed by atoms with E-state index in [0.29, 0.717) is 11.5 Å². The highest BCUT2D eigenvalue weighted by Gasteiger charge is 2.19. The second kappa shape index (κ2) is 7.98. The Kier molecular flexibility index (Phi) is 5.07. The van der Waals surface area contributed by atoms with E-state index in [9.17, 15) is 4.79 Å². The number of benzene rings is 3. The monoisotopic (exact) mass is 384 g/mol. The lowest BCUT2D eigenvalue weighted by atomic mass is 10.1. The van der Waals surface area contributed by atoms with Crippen molar-refractivity contribution >= 4 is 11.6 Å². The lowest BCUT2D eigenvalue weighted by Gasteiger charge is -2.07. The van der Waals surface area contributed by atoms with E-state index in [2.05, 4.69) is 15.4 Å². The number of hydrogen-bond acceptors (Lipinski definition) is 4. The van der Waals surface area contributed by atoms with Crippen LogP contribution in [0.1, 0.15) is 16.2 Å². The van der Waals surface area contributed by atoms with Gasteiger partial charge >= 0.3 is 0 Å². The van der Waals surface area contributed by atoms with Crippen LogP contribution >= 0.6 is 0 Å². The van der Waals surface area contributed by atoms with Gasteiger partial charge in [-0.25, -0.2) is 9.67 Å². The zero-order valence-corrected chi connectivity index (χ0v) is 16.2. The number of amides is 1. The lowest BCUT2D eigenvalue weighted by molar-refractivity contribution is 0.101. The molecule has 4 rings (SSSR count). The standard InChI is InChI=1S/C23H20N4O2/c1-16-8-10-17(11-9-16)22-25-21(23(28)24-18-6-4-3-5-7-18)26-27(22)19-12-14-20(29-2)15-13-19/h3-15H,1-2H3,(H,24,28). The van der Waals surface area contributed by atoms with Crippen molar-refractivity contribution in [2.45, 2.75) is 6.92 Å². The van der Waals surface area contributed by atoms with Gasteiger partial charge in [0.05, 0.1) is 12.8 Å². The molecule has 0 unspecified atom stereocenters. The summed E-state index contributed by atoms with van der Waals surface area (Å²) in [6, 6.07) is 24.6. The van der Waals surface area contributed by atoms with Gasteiger partial charge in [0.1, 0.15) is 5.75 Å². The molecule has 0 spiro atoms. The number of carbonyl (C=O) groups excluding carboxylic acids is 1. The number of rotatable bonds is 5. The number of carbonyl (C=O) groups is 1. The molecule has 0 aliphatic carbocycles. The zero-order chi connectivity index (χ0) is 20.2. The minimum atomic E-state index is -0.364. The molecule has 1 aromatic heterocycles. The van der Waals surface area contributed by atoms with Crippen LogP contribution in [-0.2, 0) is 0 Å². The molecule has 0 fully saturated rings. The Balaban J connectivity index is 1.75. The summed E-state index contributed by atoms with van der Waals surface area (Å²) in [4.78, 5) is 17.3. The van der Waals surface area contributed by atoms with Gasteiger partial charge in [0.2, 0.25) is 5.82 Å². The SMILES string of the molecule is COc1ccc(-n2nc(C(=O)Nc3ccccc3)nc2-c2ccc(C)cc2)cc1. The van der Waals surface area contributed by atoms with Crippen LogP contribution < -0.4 is 10.1 Å². The summed E-state index contributed by atoms with van der Waals surface area (Å²) < 4.78 is 6.90. The average Bonchev–Trinajstić information content (AvgIpc) is 3.21. The maximum Gasteiger partial charge on any atom is 0.295 e. The van der Waals surface area contributed by atoms with Crippen LogP contribution in [0.3, 0.4) is 0 Å². The molecule has 4 aromatic rings. The van der Waals surface area contributed by atoms with Gasteiger partial charge in [-0.3, -0.25) is 4.79 Å². The van der Waals surface area contributed by atoms with Crippen LogP contribution in [0.15, 0.2) is 78.9 Å². The molecular weight excluding hydrogens is 364 g/mol. The third kappa shape index (κ3) is 4.01. The number of nitrogens with zero attached hydrogens (tertiary/aromatic N) is 3. The third-order valence-electron chi connectivity index (χ3n) is 4.47. The van der Waals surface area contributed by atoms with Gasteiger partial charge < -0.3 is 10.1 Å².